The summed E-state index contributed by atoms with van der Waals surface area (Å²) in [6.45, 7) is 1.45. The molecule has 0 unspecified atom stereocenters. The summed E-state index contributed by atoms with van der Waals surface area (Å²) in [5.41, 5.74) is 0. The Balaban J connectivity index is 4.53. The highest BCUT2D eigenvalue weighted by molar-refractivity contribution is 5.82. The highest BCUT2D eigenvalue weighted by Crippen LogP contribution is 2.35. The molecule has 106 valence electrons. The lowest BCUT2D eigenvalue weighted by molar-refractivity contribution is -0.313. The van der Waals surface area contributed by atoms with E-state index in [0.717, 1.165) is 0 Å². The molecule has 0 aromatic rings. The molecule has 0 aliphatic heterocycles. The normalized spacial score (nSPS) is 12.7. The predicted octanol–water partition coefficient (Wildman–Crippen LogP) is 2.78. The minimum atomic E-state index is -5.73. The van der Waals surface area contributed by atoms with E-state index in [0.29, 0.717) is 0 Å². The zero-order valence-electron chi connectivity index (χ0n) is 9.19. The molecule has 0 aromatic carbocycles. The van der Waals surface area contributed by atoms with E-state index in [1.807, 2.05) is 0 Å². The Labute approximate surface area is 98.1 Å². The number of ether oxygens (including phenoxy) is 1. The van der Waals surface area contributed by atoms with Gasteiger partial charge in [-0.1, -0.05) is 6.92 Å². The first-order valence-corrected chi connectivity index (χ1v) is 4.83. The maximum atomic E-state index is 12.0. The van der Waals surface area contributed by atoms with Crippen molar-refractivity contribution >= 4 is 11.8 Å². The minimum Gasteiger partial charge on any atom is -0.443 e. The van der Waals surface area contributed by atoms with Crippen LogP contribution in [-0.2, 0) is 14.3 Å². The highest BCUT2D eigenvalue weighted by atomic mass is 19.4. The summed E-state index contributed by atoms with van der Waals surface area (Å²) in [6, 6.07) is 0. The monoisotopic (exact) mass is 280 g/mol. The quantitative estimate of drug-likeness (QED) is 0.574. The third-order valence-corrected chi connectivity index (χ3v) is 1.85. The standard InChI is InChI=1S/C9H10F6O3/c1-2-5(16)3-4-6(17)18-7(8(10,11)12)9(13,14)15/h7H,2-4H2,1H3. The maximum absolute atomic E-state index is 12.0. The Morgan fingerprint density at radius 3 is 1.78 bits per heavy atom. The van der Waals surface area contributed by atoms with Crippen molar-refractivity contribution in [1.82, 2.24) is 0 Å². The second-order valence-corrected chi connectivity index (χ2v) is 3.35. The number of esters is 1. The van der Waals surface area contributed by atoms with E-state index in [1.165, 1.54) is 6.92 Å². The largest absolute Gasteiger partial charge is 0.443 e. The second kappa shape index (κ2) is 6.05. The van der Waals surface area contributed by atoms with Crippen molar-refractivity contribution in [1.29, 1.82) is 0 Å². The first-order valence-electron chi connectivity index (χ1n) is 4.83. The molecule has 0 saturated carbocycles. The average Bonchev–Trinajstić information content (AvgIpc) is 2.19. The van der Waals surface area contributed by atoms with E-state index in [4.69, 9.17) is 0 Å². The van der Waals surface area contributed by atoms with E-state index >= 15 is 0 Å². The highest BCUT2D eigenvalue weighted by Gasteiger charge is 2.59. The Bertz CT molecular complexity index is 292. The van der Waals surface area contributed by atoms with Gasteiger partial charge in [0, 0.05) is 12.8 Å². The van der Waals surface area contributed by atoms with Crippen LogP contribution < -0.4 is 0 Å². The van der Waals surface area contributed by atoms with Crippen molar-refractivity contribution in [3.8, 4) is 0 Å². The number of hydrogen-bond acceptors (Lipinski definition) is 3. The summed E-state index contributed by atoms with van der Waals surface area (Å²) in [5.74, 6) is -2.17. The number of halogens is 6. The van der Waals surface area contributed by atoms with Crippen LogP contribution in [0.3, 0.4) is 0 Å². The van der Waals surface area contributed by atoms with Gasteiger partial charge in [-0.15, -0.1) is 0 Å². The molecular weight excluding hydrogens is 270 g/mol. The first-order chi connectivity index (χ1) is 7.98. The summed E-state index contributed by atoms with van der Waals surface area (Å²) >= 11 is 0. The van der Waals surface area contributed by atoms with Crippen molar-refractivity contribution in [2.45, 2.75) is 44.6 Å². The molecule has 0 bridgehead atoms. The topological polar surface area (TPSA) is 43.4 Å². The van der Waals surface area contributed by atoms with E-state index in [9.17, 15) is 35.9 Å². The lowest BCUT2D eigenvalue weighted by atomic mass is 10.2. The molecule has 0 aliphatic carbocycles. The Morgan fingerprint density at radius 2 is 1.44 bits per heavy atom. The average molecular weight is 280 g/mol. The Morgan fingerprint density at radius 1 is 1.00 bits per heavy atom. The van der Waals surface area contributed by atoms with Crippen molar-refractivity contribution in [3.63, 3.8) is 0 Å². The van der Waals surface area contributed by atoms with Gasteiger partial charge < -0.3 is 4.74 Å². The molecule has 0 aliphatic rings. The van der Waals surface area contributed by atoms with Crippen LogP contribution in [0.5, 0.6) is 0 Å². The van der Waals surface area contributed by atoms with Crippen molar-refractivity contribution < 1.29 is 40.7 Å². The van der Waals surface area contributed by atoms with Crippen LogP contribution in [0.25, 0.3) is 0 Å². The number of alkyl halides is 6. The first kappa shape index (κ1) is 16.7. The van der Waals surface area contributed by atoms with E-state index in [2.05, 4.69) is 4.74 Å². The molecule has 0 radical (unpaired) electrons. The third-order valence-electron chi connectivity index (χ3n) is 1.85. The fraction of sp³-hybridized carbons (Fsp3) is 0.778. The smallest absolute Gasteiger partial charge is 0.434 e. The number of hydrogen-bond donors (Lipinski definition) is 0. The van der Waals surface area contributed by atoms with Crippen LogP contribution in [0.15, 0.2) is 0 Å². The summed E-state index contributed by atoms with van der Waals surface area (Å²) in [6.07, 6.45) is -16.8. The van der Waals surface area contributed by atoms with Gasteiger partial charge in [0.05, 0.1) is 6.42 Å². The third kappa shape index (κ3) is 5.87. The van der Waals surface area contributed by atoms with Crippen LogP contribution in [0.2, 0.25) is 0 Å². The van der Waals surface area contributed by atoms with Gasteiger partial charge in [-0.05, 0) is 0 Å². The molecule has 0 rings (SSSR count). The molecule has 0 N–H and O–H groups in total. The predicted molar refractivity (Wildman–Crippen MR) is 46.5 cm³/mol. The summed E-state index contributed by atoms with van der Waals surface area (Å²) < 4.78 is 75.2. The number of carbonyl (C=O) groups is 2. The molecule has 0 spiro atoms. The maximum Gasteiger partial charge on any atom is 0.434 e. The van der Waals surface area contributed by atoms with Gasteiger partial charge in [0.15, 0.2) is 0 Å². The van der Waals surface area contributed by atoms with Crippen molar-refractivity contribution in [2.24, 2.45) is 0 Å². The van der Waals surface area contributed by atoms with Crippen LogP contribution in [0.1, 0.15) is 26.2 Å². The molecular formula is C9H10F6O3. The van der Waals surface area contributed by atoms with E-state index < -0.39 is 43.1 Å². The molecule has 0 aromatic heterocycles. The van der Waals surface area contributed by atoms with Gasteiger partial charge in [0.1, 0.15) is 5.78 Å². The van der Waals surface area contributed by atoms with Crippen LogP contribution >= 0.6 is 0 Å². The Hall–Kier alpha value is -1.28. The number of Topliss-reactive ketones (excluding diaryl/α,β-unsaturated/α-hetero) is 1. The number of rotatable bonds is 5. The molecule has 9 heteroatoms. The van der Waals surface area contributed by atoms with Crippen LogP contribution in [0.4, 0.5) is 26.3 Å². The lowest BCUT2D eigenvalue weighted by Crippen LogP contribution is -2.45. The van der Waals surface area contributed by atoms with Crippen molar-refractivity contribution in [3.05, 3.63) is 0 Å². The summed E-state index contributed by atoms with van der Waals surface area (Å²) in [4.78, 5) is 21.5. The number of ketones is 1. The molecule has 18 heavy (non-hydrogen) atoms. The molecule has 0 heterocycles. The molecule has 0 fully saturated rings. The van der Waals surface area contributed by atoms with Gasteiger partial charge in [0.2, 0.25) is 0 Å². The zero-order chi connectivity index (χ0) is 14.6. The molecule has 0 atom stereocenters. The van der Waals surface area contributed by atoms with Gasteiger partial charge in [0.25, 0.3) is 6.10 Å². The fourth-order valence-electron chi connectivity index (χ4n) is 0.928. The summed E-state index contributed by atoms with van der Waals surface area (Å²) in [5, 5.41) is 0. The van der Waals surface area contributed by atoms with Crippen LogP contribution in [0, 0.1) is 0 Å². The van der Waals surface area contributed by atoms with Crippen LogP contribution in [-0.4, -0.2) is 30.2 Å². The fourth-order valence-corrected chi connectivity index (χ4v) is 0.928. The SMILES string of the molecule is CCC(=O)CCC(=O)OC(C(F)(F)F)C(F)(F)F. The summed E-state index contributed by atoms with van der Waals surface area (Å²) in [7, 11) is 0. The minimum absolute atomic E-state index is 0.0370. The molecule has 0 amide bonds. The molecule has 0 saturated heterocycles. The molecule has 3 nitrogen and oxygen atoms in total. The Kier molecular flexibility index (Phi) is 5.62. The van der Waals surface area contributed by atoms with E-state index in [-0.39, 0.29) is 6.42 Å². The van der Waals surface area contributed by atoms with Gasteiger partial charge in [-0.2, -0.15) is 26.3 Å². The zero-order valence-corrected chi connectivity index (χ0v) is 9.19. The second-order valence-electron chi connectivity index (χ2n) is 3.35. The number of carbonyl (C=O) groups excluding carboxylic acids is 2. The van der Waals surface area contributed by atoms with Gasteiger partial charge >= 0.3 is 18.3 Å². The van der Waals surface area contributed by atoms with Gasteiger partial charge in [-0.3, -0.25) is 9.59 Å². The lowest BCUT2D eigenvalue weighted by Gasteiger charge is -2.22. The van der Waals surface area contributed by atoms with Crippen molar-refractivity contribution in [2.75, 3.05) is 0 Å². The van der Waals surface area contributed by atoms with E-state index in [1.54, 1.807) is 0 Å². The van der Waals surface area contributed by atoms with Gasteiger partial charge in [-0.25, -0.2) is 0 Å².